The van der Waals surface area contributed by atoms with E-state index in [1.54, 1.807) is 29.2 Å². The molecular weight excluding hydrogens is 320 g/mol. The molecule has 2 aliphatic rings. The first-order valence-corrected chi connectivity index (χ1v) is 8.83. The summed E-state index contributed by atoms with van der Waals surface area (Å²) in [6, 6.07) is 9.26. The lowest BCUT2D eigenvalue weighted by Crippen LogP contribution is -2.55. The molecule has 2 aliphatic heterocycles. The van der Waals surface area contributed by atoms with Crippen molar-refractivity contribution in [2.24, 2.45) is 0 Å². The fourth-order valence-corrected chi connectivity index (χ4v) is 3.42. The summed E-state index contributed by atoms with van der Waals surface area (Å²) in [6.07, 6.45) is 1.20. The molecule has 0 aliphatic carbocycles. The Hall–Kier alpha value is -2.12. The zero-order chi connectivity index (χ0) is 17.6. The van der Waals surface area contributed by atoms with Crippen LogP contribution in [-0.4, -0.2) is 85.6 Å². The third-order valence-electron chi connectivity index (χ3n) is 4.84. The van der Waals surface area contributed by atoms with Crippen molar-refractivity contribution in [3.8, 4) is 5.75 Å². The van der Waals surface area contributed by atoms with Crippen LogP contribution in [-0.2, 0) is 4.79 Å². The summed E-state index contributed by atoms with van der Waals surface area (Å²) in [5, 5.41) is 2.65. The van der Waals surface area contributed by atoms with Crippen molar-refractivity contribution in [2.45, 2.75) is 12.5 Å². The minimum Gasteiger partial charge on any atom is -0.425 e. The van der Waals surface area contributed by atoms with E-state index in [2.05, 4.69) is 22.2 Å². The second-order valence-corrected chi connectivity index (χ2v) is 6.67. The molecule has 0 spiro atoms. The Kier molecular flexibility index (Phi) is 5.88. The molecule has 0 aromatic heterocycles. The summed E-state index contributed by atoms with van der Waals surface area (Å²) in [5.41, 5.74) is 0. The van der Waals surface area contributed by atoms with Crippen molar-refractivity contribution >= 4 is 12.0 Å². The Morgan fingerprint density at radius 2 is 1.84 bits per heavy atom. The molecule has 2 fully saturated rings. The molecule has 3 rings (SSSR count). The van der Waals surface area contributed by atoms with Gasteiger partial charge in [-0.1, -0.05) is 18.2 Å². The highest BCUT2D eigenvalue weighted by atomic mass is 16.5. The van der Waals surface area contributed by atoms with Gasteiger partial charge in [-0.15, -0.1) is 0 Å². The summed E-state index contributed by atoms with van der Waals surface area (Å²) < 4.78 is 5.16. The van der Waals surface area contributed by atoms with Gasteiger partial charge in [-0.2, -0.15) is 0 Å². The second kappa shape index (κ2) is 8.31. The van der Waals surface area contributed by atoms with Crippen LogP contribution >= 0.6 is 0 Å². The van der Waals surface area contributed by atoms with Crippen LogP contribution in [0.15, 0.2) is 30.3 Å². The number of nitrogens with zero attached hydrogens (tertiary/aromatic N) is 3. The van der Waals surface area contributed by atoms with Crippen molar-refractivity contribution in [3.05, 3.63) is 30.3 Å². The van der Waals surface area contributed by atoms with Gasteiger partial charge in [0, 0.05) is 38.8 Å². The average Bonchev–Trinajstić information content (AvgIpc) is 3.07. The first-order chi connectivity index (χ1) is 12.1. The van der Waals surface area contributed by atoms with Gasteiger partial charge in [0.1, 0.15) is 12.3 Å². The van der Waals surface area contributed by atoms with E-state index in [-0.39, 0.29) is 12.6 Å². The van der Waals surface area contributed by atoms with Crippen LogP contribution < -0.4 is 10.1 Å². The average molecular weight is 346 g/mol. The maximum absolute atomic E-state index is 12.2. The van der Waals surface area contributed by atoms with Gasteiger partial charge in [0.05, 0.1) is 0 Å². The number of benzene rings is 1. The molecule has 136 valence electrons. The largest absolute Gasteiger partial charge is 0.425 e. The summed E-state index contributed by atoms with van der Waals surface area (Å²) in [5.74, 6) is 0.0177. The predicted octanol–water partition coefficient (Wildman–Crippen LogP) is 0.623. The monoisotopic (exact) mass is 346 g/mol. The van der Waals surface area contributed by atoms with Crippen molar-refractivity contribution in [3.63, 3.8) is 0 Å². The van der Waals surface area contributed by atoms with Crippen LogP contribution in [0, 0.1) is 0 Å². The molecule has 1 atom stereocenters. The summed E-state index contributed by atoms with van der Waals surface area (Å²) in [6.45, 7) is 5.30. The number of para-hydroxylation sites is 1. The molecule has 2 amide bonds. The van der Waals surface area contributed by atoms with E-state index in [1.165, 1.54) is 6.42 Å². The van der Waals surface area contributed by atoms with Crippen molar-refractivity contribution in [1.29, 1.82) is 0 Å². The third kappa shape index (κ3) is 4.93. The van der Waals surface area contributed by atoms with Crippen LogP contribution in [0.25, 0.3) is 0 Å². The quantitative estimate of drug-likeness (QED) is 0.640. The molecule has 2 saturated heterocycles. The summed E-state index contributed by atoms with van der Waals surface area (Å²) in [7, 11) is 2.15. The van der Waals surface area contributed by atoms with Crippen molar-refractivity contribution in [1.82, 2.24) is 20.0 Å². The molecule has 2 heterocycles. The van der Waals surface area contributed by atoms with Gasteiger partial charge in [0.15, 0.2) is 0 Å². The molecule has 0 bridgehead atoms. The van der Waals surface area contributed by atoms with E-state index in [0.29, 0.717) is 24.9 Å². The highest BCUT2D eigenvalue weighted by Crippen LogP contribution is 2.16. The van der Waals surface area contributed by atoms with Gasteiger partial charge >= 0.3 is 12.0 Å². The van der Waals surface area contributed by atoms with Crippen LogP contribution in [0.4, 0.5) is 4.79 Å². The zero-order valence-corrected chi connectivity index (χ0v) is 14.7. The SMILES string of the molecule is CN1CCC(N2CCN(C(=O)NCC(=O)Oc3ccccc3)CC2)C1. The highest BCUT2D eigenvalue weighted by Gasteiger charge is 2.29. The normalized spacial score (nSPS) is 22.0. The predicted molar refractivity (Wildman–Crippen MR) is 94.5 cm³/mol. The topological polar surface area (TPSA) is 65.1 Å². The number of rotatable bonds is 4. The highest BCUT2D eigenvalue weighted by molar-refractivity contribution is 5.82. The number of likely N-dealkylation sites (tertiary alicyclic amines) is 1. The summed E-state index contributed by atoms with van der Waals surface area (Å²) >= 11 is 0. The number of carbonyl (C=O) groups excluding carboxylic acids is 2. The number of piperazine rings is 1. The number of amides is 2. The molecule has 1 unspecified atom stereocenters. The molecule has 7 heteroatoms. The van der Waals surface area contributed by atoms with Crippen LogP contribution in [0.2, 0.25) is 0 Å². The Morgan fingerprint density at radius 3 is 2.48 bits per heavy atom. The molecule has 1 aromatic rings. The first-order valence-electron chi connectivity index (χ1n) is 8.83. The maximum Gasteiger partial charge on any atom is 0.330 e. The van der Waals surface area contributed by atoms with E-state index in [4.69, 9.17) is 4.74 Å². The van der Waals surface area contributed by atoms with E-state index in [9.17, 15) is 9.59 Å². The van der Waals surface area contributed by atoms with E-state index < -0.39 is 5.97 Å². The molecular formula is C18H26N4O3. The lowest BCUT2D eigenvalue weighted by Gasteiger charge is -2.37. The van der Waals surface area contributed by atoms with Crippen molar-refractivity contribution in [2.75, 3.05) is 52.9 Å². The van der Waals surface area contributed by atoms with Gasteiger partial charge in [-0.05, 0) is 32.1 Å². The maximum atomic E-state index is 12.2. The van der Waals surface area contributed by atoms with Gasteiger partial charge < -0.3 is 19.9 Å². The van der Waals surface area contributed by atoms with Gasteiger partial charge in [-0.25, -0.2) is 9.59 Å². The fraction of sp³-hybridized carbons (Fsp3) is 0.556. The van der Waals surface area contributed by atoms with Crippen LogP contribution in [0.5, 0.6) is 5.75 Å². The van der Waals surface area contributed by atoms with E-state index in [1.807, 2.05) is 6.07 Å². The Morgan fingerprint density at radius 1 is 1.12 bits per heavy atom. The smallest absolute Gasteiger partial charge is 0.330 e. The third-order valence-corrected chi connectivity index (χ3v) is 4.84. The first kappa shape index (κ1) is 17.7. The van der Waals surface area contributed by atoms with Gasteiger partial charge in [-0.3, -0.25) is 4.90 Å². The van der Waals surface area contributed by atoms with Gasteiger partial charge in [0.25, 0.3) is 0 Å². The number of likely N-dealkylation sites (N-methyl/N-ethyl adjacent to an activating group) is 1. The number of carbonyl (C=O) groups is 2. The minimum atomic E-state index is -0.466. The Bertz CT molecular complexity index is 587. The van der Waals surface area contributed by atoms with E-state index in [0.717, 1.165) is 26.2 Å². The van der Waals surface area contributed by atoms with Crippen LogP contribution in [0.1, 0.15) is 6.42 Å². The minimum absolute atomic E-state index is 0.124. The molecule has 1 aromatic carbocycles. The lowest BCUT2D eigenvalue weighted by atomic mass is 10.2. The number of urea groups is 1. The zero-order valence-electron chi connectivity index (χ0n) is 14.7. The van der Waals surface area contributed by atoms with Gasteiger partial charge in [0.2, 0.25) is 0 Å². The number of hydrogen-bond acceptors (Lipinski definition) is 5. The number of nitrogens with one attached hydrogen (secondary N) is 1. The number of hydrogen-bond donors (Lipinski definition) is 1. The number of ether oxygens (including phenoxy) is 1. The lowest BCUT2D eigenvalue weighted by molar-refractivity contribution is -0.133. The molecule has 0 radical (unpaired) electrons. The molecule has 1 N–H and O–H groups in total. The molecule has 25 heavy (non-hydrogen) atoms. The standard InChI is InChI=1S/C18H26N4O3/c1-20-8-7-15(14-20)21-9-11-22(12-10-21)18(24)19-13-17(23)25-16-5-3-2-4-6-16/h2-6,15H,7-14H2,1H3,(H,19,24). The summed E-state index contributed by atoms with van der Waals surface area (Å²) in [4.78, 5) is 30.6. The van der Waals surface area contributed by atoms with Crippen LogP contribution in [0.3, 0.4) is 0 Å². The van der Waals surface area contributed by atoms with E-state index >= 15 is 0 Å². The molecule has 0 saturated carbocycles. The molecule has 7 nitrogen and oxygen atoms in total. The van der Waals surface area contributed by atoms with Crippen molar-refractivity contribution < 1.29 is 14.3 Å². The fourth-order valence-electron chi connectivity index (χ4n) is 3.42. The number of esters is 1. The Labute approximate surface area is 148 Å². The Balaban J connectivity index is 1.37. The second-order valence-electron chi connectivity index (χ2n) is 6.67.